The molecule has 1 aliphatic heterocycles. The first-order valence-corrected chi connectivity index (χ1v) is 9.61. The summed E-state index contributed by atoms with van der Waals surface area (Å²) in [7, 11) is 3.49. The quantitative estimate of drug-likeness (QED) is 0.398. The van der Waals surface area contributed by atoms with Gasteiger partial charge in [-0.1, -0.05) is 13.3 Å². The van der Waals surface area contributed by atoms with Crippen LogP contribution in [0.25, 0.3) is 0 Å². The van der Waals surface area contributed by atoms with Gasteiger partial charge in [0, 0.05) is 27.2 Å². The first kappa shape index (κ1) is 20.3. The van der Waals surface area contributed by atoms with Gasteiger partial charge in [-0.15, -0.1) is 0 Å². The van der Waals surface area contributed by atoms with E-state index in [1.165, 1.54) is 12.8 Å². The number of carbonyl (C=O) groups is 1. The number of hydrogen-bond donors (Lipinski definition) is 2. The number of rotatable bonds is 9. The molecule has 2 rings (SSSR count). The van der Waals surface area contributed by atoms with Crippen molar-refractivity contribution in [1.29, 1.82) is 0 Å². The molecule has 1 aromatic heterocycles. The number of furan rings is 1. The molecule has 7 heteroatoms. The molecule has 0 aromatic carbocycles. The van der Waals surface area contributed by atoms with Gasteiger partial charge in [0.1, 0.15) is 12.3 Å². The van der Waals surface area contributed by atoms with Gasteiger partial charge >= 0.3 is 0 Å². The molecule has 1 aliphatic rings. The van der Waals surface area contributed by atoms with Gasteiger partial charge in [0.15, 0.2) is 5.96 Å². The third kappa shape index (κ3) is 6.37. The fraction of sp³-hybridized carbons (Fsp3) is 0.684. The number of unbranched alkanes of at least 4 members (excludes halogenated alkanes) is 1. The van der Waals surface area contributed by atoms with Gasteiger partial charge in [-0.05, 0) is 44.5 Å². The largest absolute Gasteiger partial charge is 0.468 e. The molecule has 1 aromatic rings. The summed E-state index contributed by atoms with van der Waals surface area (Å²) in [5, 5.41) is 6.73. The van der Waals surface area contributed by atoms with Gasteiger partial charge in [0.2, 0.25) is 5.91 Å². The maximum Gasteiger partial charge on any atom is 0.243 e. The Kier molecular flexibility index (Phi) is 8.47. The van der Waals surface area contributed by atoms with Gasteiger partial charge in [-0.25, -0.2) is 4.99 Å². The third-order valence-electron chi connectivity index (χ3n) is 4.61. The first-order chi connectivity index (χ1) is 12.6. The predicted octanol–water partition coefficient (Wildman–Crippen LogP) is 1.84. The minimum absolute atomic E-state index is 0.0104. The van der Waals surface area contributed by atoms with E-state index in [-0.39, 0.29) is 18.5 Å². The zero-order valence-electron chi connectivity index (χ0n) is 16.3. The van der Waals surface area contributed by atoms with Crippen LogP contribution in [0.5, 0.6) is 0 Å². The first-order valence-electron chi connectivity index (χ1n) is 9.61. The Morgan fingerprint density at radius 3 is 2.73 bits per heavy atom. The second-order valence-corrected chi connectivity index (χ2v) is 6.89. The van der Waals surface area contributed by atoms with Crippen LogP contribution in [-0.2, 0) is 4.79 Å². The number of nitrogens with zero attached hydrogens (tertiary/aromatic N) is 3. The van der Waals surface area contributed by atoms with Crippen LogP contribution in [0.2, 0.25) is 0 Å². The Hall–Kier alpha value is -2.02. The Bertz CT molecular complexity index is 550. The van der Waals surface area contributed by atoms with E-state index in [2.05, 4.69) is 27.4 Å². The van der Waals surface area contributed by atoms with E-state index in [0.29, 0.717) is 12.5 Å². The van der Waals surface area contributed by atoms with Crippen molar-refractivity contribution < 1.29 is 9.21 Å². The van der Waals surface area contributed by atoms with Crippen LogP contribution < -0.4 is 10.6 Å². The Labute approximate surface area is 156 Å². The summed E-state index contributed by atoms with van der Waals surface area (Å²) in [5.74, 6) is 1.64. The predicted molar refractivity (Wildman–Crippen MR) is 104 cm³/mol. The molecule has 1 amide bonds. The molecule has 2 N–H and O–H groups in total. The van der Waals surface area contributed by atoms with Crippen molar-refractivity contribution in [2.45, 2.75) is 38.6 Å². The average Bonchev–Trinajstić information content (AvgIpc) is 3.33. The standard InChI is InChI=1S/C19H33N5O2/c1-4-5-10-20-19(22-15-18(25)23(2)3)21-14-16(17-9-8-13-26-17)24-11-6-7-12-24/h8-9,13,16H,4-7,10-12,14-15H2,1-3H3,(H2,20,21,22). The Balaban J connectivity index is 1.99. The number of likely N-dealkylation sites (N-methyl/N-ethyl adjacent to an activating group) is 1. The molecule has 0 radical (unpaired) electrons. The van der Waals surface area contributed by atoms with Crippen LogP contribution in [0.15, 0.2) is 27.8 Å². The molecular formula is C19H33N5O2. The topological polar surface area (TPSA) is 73.1 Å². The van der Waals surface area contributed by atoms with Crippen LogP contribution in [0, 0.1) is 0 Å². The van der Waals surface area contributed by atoms with E-state index in [9.17, 15) is 4.79 Å². The van der Waals surface area contributed by atoms with Gasteiger partial charge < -0.3 is 20.0 Å². The molecule has 7 nitrogen and oxygen atoms in total. The molecule has 0 aliphatic carbocycles. The molecule has 2 heterocycles. The third-order valence-corrected chi connectivity index (χ3v) is 4.61. The fourth-order valence-electron chi connectivity index (χ4n) is 2.98. The number of carbonyl (C=O) groups excluding carboxylic acids is 1. The lowest BCUT2D eigenvalue weighted by atomic mass is 10.2. The number of likely N-dealkylation sites (tertiary alicyclic amines) is 1. The zero-order valence-corrected chi connectivity index (χ0v) is 16.3. The monoisotopic (exact) mass is 363 g/mol. The lowest BCUT2D eigenvalue weighted by Crippen LogP contribution is -2.43. The number of guanidine groups is 1. The Morgan fingerprint density at radius 2 is 2.12 bits per heavy atom. The number of hydrogen-bond acceptors (Lipinski definition) is 4. The van der Waals surface area contributed by atoms with E-state index in [1.54, 1.807) is 25.3 Å². The van der Waals surface area contributed by atoms with Crippen molar-refractivity contribution in [2.24, 2.45) is 4.99 Å². The molecule has 1 unspecified atom stereocenters. The number of aliphatic imine (C=N–C) groups is 1. The van der Waals surface area contributed by atoms with Gasteiger partial charge in [0.05, 0.1) is 12.3 Å². The highest BCUT2D eigenvalue weighted by Crippen LogP contribution is 2.24. The Morgan fingerprint density at radius 1 is 1.35 bits per heavy atom. The summed E-state index contributed by atoms with van der Waals surface area (Å²) in [5.41, 5.74) is 0. The molecule has 146 valence electrons. The maximum absolute atomic E-state index is 11.9. The highest BCUT2D eigenvalue weighted by Gasteiger charge is 2.25. The van der Waals surface area contributed by atoms with E-state index >= 15 is 0 Å². The van der Waals surface area contributed by atoms with Gasteiger partial charge in [-0.3, -0.25) is 9.69 Å². The second kappa shape index (κ2) is 10.9. The summed E-state index contributed by atoms with van der Waals surface area (Å²) in [6, 6.07) is 4.14. The second-order valence-electron chi connectivity index (χ2n) is 6.89. The van der Waals surface area contributed by atoms with E-state index in [4.69, 9.17) is 4.42 Å². The van der Waals surface area contributed by atoms with Crippen molar-refractivity contribution in [3.05, 3.63) is 24.2 Å². The summed E-state index contributed by atoms with van der Waals surface area (Å²) < 4.78 is 5.67. The summed E-state index contributed by atoms with van der Waals surface area (Å²) in [4.78, 5) is 20.3. The minimum Gasteiger partial charge on any atom is -0.468 e. The van der Waals surface area contributed by atoms with Crippen molar-refractivity contribution in [3.8, 4) is 0 Å². The van der Waals surface area contributed by atoms with Gasteiger partial charge in [0.25, 0.3) is 0 Å². The van der Waals surface area contributed by atoms with E-state index in [1.807, 2.05) is 12.1 Å². The number of nitrogens with one attached hydrogen (secondary N) is 2. The van der Waals surface area contributed by atoms with Crippen LogP contribution >= 0.6 is 0 Å². The van der Waals surface area contributed by atoms with Crippen molar-refractivity contribution >= 4 is 11.9 Å². The highest BCUT2D eigenvalue weighted by atomic mass is 16.3. The zero-order chi connectivity index (χ0) is 18.8. The summed E-state index contributed by atoms with van der Waals surface area (Å²) >= 11 is 0. The average molecular weight is 364 g/mol. The SMILES string of the molecule is CCCCNC(=NCC(=O)N(C)C)NCC(c1ccco1)N1CCCC1. The molecule has 0 spiro atoms. The van der Waals surface area contributed by atoms with Gasteiger partial charge in [-0.2, -0.15) is 0 Å². The van der Waals surface area contributed by atoms with Crippen LogP contribution in [0.3, 0.4) is 0 Å². The molecule has 1 atom stereocenters. The van der Waals surface area contributed by atoms with Crippen molar-refractivity contribution in [3.63, 3.8) is 0 Å². The van der Waals surface area contributed by atoms with E-state index in [0.717, 1.165) is 38.2 Å². The van der Waals surface area contributed by atoms with Crippen LogP contribution in [0.4, 0.5) is 0 Å². The molecule has 0 bridgehead atoms. The van der Waals surface area contributed by atoms with Crippen molar-refractivity contribution in [2.75, 3.05) is 46.8 Å². The number of amides is 1. The van der Waals surface area contributed by atoms with E-state index < -0.39 is 0 Å². The van der Waals surface area contributed by atoms with Crippen LogP contribution in [0.1, 0.15) is 44.4 Å². The van der Waals surface area contributed by atoms with Crippen LogP contribution in [-0.4, -0.2) is 68.5 Å². The van der Waals surface area contributed by atoms with Crippen molar-refractivity contribution in [1.82, 2.24) is 20.4 Å². The molecule has 0 saturated carbocycles. The maximum atomic E-state index is 11.9. The summed E-state index contributed by atoms with van der Waals surface area (Å²) in [6.07, 6.45) is 6.35. The lowest BCUT2D eigenvalue weighted by Gasteiger charge is -2.26. The fourth-order valence-corrected chi connectivity index (χ4v) is 2.98. The molecule has 26 heavy (non-hydrogen) atoms. The smallest absolute Gasteiger partial charge is 0.243 e. The molecule has 1 fully saturated rings. The molecular weight excluding hydrogens is 330 g/mol. The highest BCUT2D eigenvalue weighted by molar-refractivity contribution is 5.84. The molecule has 1 saturated heterocycles. The summed E-state index contributed by atoms with van der Waals surface area (Å²) in [6.45, 7) is 6.00. The normalized spacial score (nSPS) is 16.5. The lowest BCUT2D eigenvalue weighted by molar-refractivity contribution is -0.127. The minimum atomic E-state index is -0.0104.